The SMILES string of the molecule is ClC(Br)(Br)c1ccc(-c2ccccc2)cc1. The Morgan fingerprint density at radius 3 is 1.75 bits per heavy atom. The minimum atomic E-state index is -0.671. The first-order valence-electron chi connectivity index (χ1n) is 4.80. The van der Waals surface area contributed by atoms with Crippen molar-refractivity contribution < 1.29 is 0 Å². The molecule has 0 N–H and O–H groups in total. The third-order valence-electron chi connectivity index (χ3n) is 2.32. The quantitative estimate of drug-likeness (QED) is 0.621. The highest BCUT2D eigenvalue weighted by atomic mass is 79.9. The zero-order valence-corrected chi connectivity index (χ0v) is 12.3. The topological polar surface area (TPSA) is 0 Å². The molecule has 0 heterocycles. The second-order valence-corrected chi connectivity index (χ2v) is 8.36. The van der Waals surface area contributed by atoms with Crippen LogP contribution in [0.3, 0.4) is 0 Å². The van der Waals surface area contributed by atoms with Crippen molar-refractivity contribution in [2.75, 3.05) is 0 Å². The molecule has 0 spiro atoms. The highest BCUT2D eigenvalue weighted by Crippen LogP contribution is 2.42. The molecule has 2 rings (SSSR count). The lowest BCUT2D eigenvalue weighted by Crippen LogP contribution is -1.97. The molecule has 0 radical (unpaired) electrons. The summed E-state index contributed by atoms with van der Waals surface area (Å²) in [5.74, 6) is 0. The van der Waals surface area contributed by atoms with Crippen LogP contribution in [0.15, 0.2) is 54.6 Å². The van der Waals surface area contributed by atoms with Crippen LogP contribution in [0.1, 0.15) is 5.56 Å². The number of rotatable bonds is 2. The van der Waals surface area contributed by atoms with Gasteiger partial charge in [-0.05, 0) is 48.6 Å². The summed E-state index contributed by atoms with van der Waals surface area (Å²) in [5, 5.41) is 0. The number of alkyl halides is 3. The van der Waals surface area contributed by atoms with Crippen molar-refractivity contribution in [3.8, 4) is 11.1 Å². The molecule has 2 aromatic rings. The van der Waals surface area contributed by atoms with Crippen LogP contribution in [0.2, 0.25) is 0 Å². The first-order chi connectivity index (χ1) is 7.57. The maximum atomic E-state index is 6.09. The molecule has 0 fully saturated rings. The number of halogens is 3. The third kappa shape index (κ3) is 2.88. The van der Waals surface area contributed by atoms with Gasteiger partial charge in [0, 0.05) is 0 Å². The van der Waals surface area contributed by atoms with E-state index in [4.69, 9.17) is 11.6 Å². The van der Waals surface area contributed by atoms with E-state index in [9.17, 15) is 0 Å². The van der Waals surface area contributed by atoms with E-state index in [0.29, 0.717) is 0 Å². The number of hydrogen-bond acceptors (Lipinski definition) is 0. The third-order valence-corrected chi connectivity index (χ3v) is 3.45. The van der Waals surface area contributed by atoms with E-state index < -0.39 is 2.69 Å². The zero-order valence-electron chi connectivity index (χ0n) is 8.33. The average molecular weight is 360 g/mol. The molecule has 0 unspecified atom stereocenters. The summed E-state index contributed by atoms with van der Waals surface area (Å²) in [4.78, 5) is 0. The Morgan fingerprint density at radius 2 is 1.25 bits per heavy atom. The molecular weight excluding hydrogens is 351 g/mol. The van der Waals surface area contributed by atoms with Crippen molar-refractivity contribution >= 4 is 43.5 Å². The molecule has 0 aliphatic rings. The Kier molecular flexibility index (Phi) is 3.73. The lowest BCUT2D eigenvalue weighted by atomic mass is 10.0. The van der Waals surface area contributed by atoms with Gasteiger partial charge in [-0.15, -0.1) is 0 Å². The predicted octanol–water partition coefficient (Wildman–Crippen LogP) is 5.49. The summed E-state index contributed by atoms with van der Waals surface area (Å²) in [5.41, 5.74) is 3.37. The van der Waals surface area contributed by atoms with E-state index in [1.165, 1.54) is 11.1 Å². The molecule has 0 bridgehead atoms. The first-order valence-corrected chi connectivity index (χ1v) is 6.76. The van der Waals surface area contributed by atoms with Gasteiger partial charge >= 0.3 is 0 Å². The molecule has 3 heteroatoms. The molecule has 0 aliphatic carbocycles. The van der Waals surface area contributed by atoms with Gasteiger partial charge in [-0.2, -0.15) is 0 Å². The van der Waals surface area contributed by atoms with E-state index in [-0.39, 0.29) is 0 Å². The normalized spacial score (nSPS) is 11.4. The van der Waals surface area contributed by atoms with Crippen LogP contribution < -0.4 is 0 Å². The Bertz CT molecular complexity index is 458. The van der Waals surface area contributed by atoms with E-state index in [2.05, 4.69) is 56.1 Å². The molecule has 16 heavy (non-hydrogen) atoms. The monoisotopic (exact) mass is 358 g/mol. The predicted molar refractivity (Wildman–Crippen MR) is 77.3 cm³/mol. The zero-order chi connectivity index (χ0) is 11.6. The average Bonchev–Trinajstić information content (AvgIpc) is 2.29. The molecule has 0 saturated heterocycles. The summed E-state index contributed by atoms with van der Waals surface area (Å²) in [6.45, 7) is 0. The van der Waals surface area contributed by atoms with Crippen LogP contribution in [0.25, 0.3) is 11.1 Å². The molecule has 2 aromatic carbocycles. The summed E-state index contributed by atoms with van der Waals surface area (Å²) >= 11 is 12.8. The van der Waals surface area contributed by atoms with Gasteiger partial charge in [-0.3, -0.25) is 0 Å². The number of hydrogen-bond donors (Lipinski definition) is 0. The van der Waals surface area contributed by atoms with Crippen LogP contribution >= 0.6 is 43.5 Å². The van der Waals surface area contributed by atoms with E-state index in [1.54, 1.807) is 0 Å². The van der Waals surface area contributed by atoms with Crippen LogP contribution in [0.5, 0.6) is 0 Å². The fourth-order valence-corrected chi connectivity index (χ4v) is 2.14. The van der Waals surface area contributed by atoms with Gasteiger partial charge in [0.15, 0.2) is 2.69 Å². The lowest BCUT2D eigenvalue weighted by Gasteiger charge is -2.12. The summed E-state index contributed by atoms with van der Waals surface area (Å²) in [6, 6.07) is 18.4. The fourth-order valence-electron chi connectivity index (χ4n) is 1.48. The van der Waals surface area contributed by atoms with Crippen molar-refractivity contribution in [1.82, 2.24) is 0 Å². The van der Waals surface area contributed by atoms with Gasteiger partial charge in [-0.25, -0.2) is 0 Å². The minimum absolute atomic E-state index is 0.671. The second kappa shape index (κ2) is 4.91. The van der Waals surface area contributed by atoms with Crippen molar-refractivity contribution in [2.24, 2.45) is 0 Å². The van der Waals surface area contributed by atoms with Crippen molar-refractivity contribution in [3.63, 3.8) is 0 Å². The maximum absolute atomic E-state index is 6.09. The molecule has 0 aliphatic heterocycles. The standard InChI is InChI=1S/C13H9Br2Cl/c14-13(15,16)12-8-6-11(7-9-12)10-4-2-1-3-5-10/h1-9H. The Labute approximate surface area is 117 Å². The lowest BCUT2D eigenvalue weighted by molar-refractivity contribution is 1.33. The van der Waals surface area contributed by atoms with Gasteiger partial charge in [0.05, 0.1) is 0 Å². The molecule has 0 nitrogen and oxygen atoms in total. The molecular formula is C13H9Br2Cl. The summed E-state index contributed by atoms with van der Waals surface area (Å²) in [7, 11) is 0. The van der Waals surface area contributed by atoms with Gasteiger partial charge in [0.25, 0.3) is 0 Å². The van der Waals surface area contributed by atoms with Gasteiger partial charge in [-0.1, -0.05) is 66.2 Å². The fraction of sp³-hybridized carbons (Fsp3) is 0.0769. The number of benzene rings is 2. The molecule has 0 amide bonds. The van der Waals surface area contributed by atoms with Gasteiger partial charge in [0.1, 0.15) is 0 Å². The van der Waals surface area contributed by atoms with E-state index in [1.807, 2.05) is 30.3 Å². The summed E-state index contributed by atoms with van der Waals surface area (Å²) in [6.07, 6.45) is 0. The van der Waals surface area contributed by atoms with Crippen LogP contribution in [-0.2, 0) is 2.69 Å². The van der Waals surface area contributed by atoms with Crippen LogP contribution in [0.4, 0.5) is 0 Å². The van der Waals surface area contributed by atoms with Gasteiger partial charge in [0.2, 0.25) is 0 Å². The van der Waals surface area contributed by atoms with Crippen LogP contribution in [0, 0.1) is 0 Å². The summed E-state index contributed by atoms with van der Waals surface area (Å²) < 4.78 is -0.671. The molecule has 82 valence electrons. The van der Waals surface area contributed by atoms with Crippen molar-refractivity contribution in [3.05, 3.63) is 60.2 Å². The Hall–Kier alpha value is -0.310. The van der Waals surface area contributed by atoms with E-state index >= 15 is 0 Å². The highest BCUT2D eigenvalue weighted by Gasteiger charge is 2.20. The Balaban J connectivity index is 2.34. The smallest absolute Gasteiger partial charge is 0.0886 e. The first kappa shape index (κ1) is 12.2. The van der Waals surface area contributed by atoms with E-state index in [0.717, 1.165) is 5.56 Å². The van der Waals surface area contributed by atoms with Crippen molar-refractivity contribution in [1.29, 1.82) is 0 Å². The second-order valence-electron chi connectivity index (χ2n) is 3.44. The van der Waals surface area contributed by atoms with Crippen LogP contribution in [-0.4, -0.2) is 0 Å². The minimum Gasteiger partial charge on any atom is -0.0886 e. The van der Waals surface area contributed by atoms with Crippen molar-refractivity contribution in [2.45, 2.75) is 2.69 Å². The highest BCUT2D eigenvalue weighted by molar-refractivity contribution is 9.25. The molecule has 0 atom stereocenters. The van der Waals surface area contributed by atoms with Gasteiger partial charge < -0.3 is 0 Å². The maximum Gasteiger partial charge on any atom is 0.178 e. The molecule has 0 saturated carbocycles. The largest absolute Gasteiger partial charge is 0.178 e. The molecule has 0 aromatic heterocycles. The Morgan fingerprint density at radius 1 is 0.750 bits per heavy atom.